The SMILES string of the molecule is Cc1ccc(S(=O)(=O)N2CCOCC2)cc1NC(=O)CN1C(=O)CC2(CCCCC2)C1=O. The van der Waals surface area contributed by atoms with Gasteiger partial charge in [0.2, 0.25) is 27.7 Å². The van der Waals surface area contributed by atoms with E-state index in [-0.39, 0.29) is 42.8 Å². The fourth-order valence-corrected chi connectivity index (χ4v) is 6.24. The van der Waals surface area contributed by atoms with Crippen LogP contribution in [0.2, 0.25) is 0 Å². The molecule has 32 heavy (non-hydrogen) atoms. The van der Waals surface area contributed by atoms with Gasteiger partial charge in [0.25, 0.3) is 0 Å². The van der Waals surface area contributed by atoms with Gasteiger partial charge in [0.15, 0.2) is 0 Å². The molecule has 1 saturated carbocycles. The second-order valence-corrected chi connectivity index (χ2v) is 10.8. The van der Waals surface area contributed by atoms with E-state index in [1.807, 2.05) is 0 Å². The van der Waals surface area contributed by atoms with Gasteiger partial charge < -0.3 is 10.1 Å². The monoisotopic (exact) mass is 463 g/mol. The Bertz CT molecular complexity index is 1030. The van der Waals surface area contributed by atoms with Gasteiger partial charge in [0, 0.05) is 25.2 Å². The lowest BCUT2D eigenvalue weighted by Crippen LogP contribution is -2.41. The van der Waals surface area contributed by atoms with Gasteiger partial charge in [0.1, 0.15) is 6.54 Å². The number of carbonyl (C=O) groups excluding carboxylic acids is 3. The highest BCUT2D eigenvalue weighted by Gasteiger charge is 2.51. The van der Waals surface area contributed by atoms with E-state index in [0.29, 0.717) is 37.3 Å². The number of ether oxygens (including phenoxy) is 1. The number of aryl methyl sites for hydroxylation is 1. The summed E-state index contributed by atoms with van der Waals surface area (Å²) in [6, 6.07) is 4.57. The molecule has 10 heteroatoms. The van der Waals surface area contributed by atoms with E-state index in [0.717, 1.165) is 24.2 Å². The van der Waals surface area contributed by atoms with Crippen molar-refractivity contribution in [3.8, 4) is 0 Å². The number of rotatable bonds is 5. The van der Waals surface area contributed by atoms with Crippen molar-refractivity contribution in [2.75, 3.05) is 38.2 Å². The molecule has 2 saturated heterocycles. The van der Waals surface area contributed by atoms with Gasteiger partial charge in [-0.05, 0) is 37.5 Å². The third-order valence-corrected chi connectivity index (χ3v) is 8.59. The van der Waals surface area contributed by atoms with E-state index in [4.69, 9.17) is 4.74 Å². The Kier molecular flexibility index (Phi) is 6.37. The maximum Gasteiger partial charge on any atom is 0.244 e. The lowest BCUT2D eigenvalue weighted by Gasteiger charge is -2.30. The highest BCUT2D eigenvalue weighted by Crippen LogP contribution is 2.45. The van der Waals surface area contributed by atoms with E-state index in [1.54, 1.807) is 13.0 Å². The summed E-state index contributed by atoms with van der Waals surface area (Å²) < 4.78 is 32.5. The largest absolute Gasteiger partial charge is 0.379 e. The van der Waals surface area contributed by atoms with E-state index in [2.05, 4.69) is 5.32 Å². The van der Waals surface area contributed by atoms with E-state index in [9.17, 15) is 22.8 Å². The van der Waals surface area contributed by atoms with Crippen molar-refractivity contribution in [2.45, 2.75) is 50.3 Å². The molecule has 0 aromatic heterocycles. The van der Waals surface area contributed by atoms with Crippen molar-refractivity contribution in [1.82, 2.24) is 9.21 Å². The number of hydrogen-bond donors (Lipinski definition) is 1. The summed E-state index contributed by atoms with van der Waals surface area (Å²) in [4.78, 5) is 39.3. The molecule has 3 aliphatic rings. The molecule has 0 atom stereocenters. The number of sulfonamides is 1. The Hall–Kier alpha value is -2.30. The Morgan fingerprint density at radius 2 is 1.81 bits per heavy atom. The number of anilines is 1. The van der Waals surface area contributed by atoms with Crippen LogP contribution >= 0.6 is 0 Å². The lowest BCUT2D eigenvalue weighted by molar-refractivity contribution is -0.144. The summed E-state index contributed by atoms with van der Waals surface area (Å²) >= 11 is 0. The van der Waals surface area contributed by atoms with Crippen LogP contribution in [0.1, 0.15) is 44.1 Å². The van der Waals surface area contributed by atoms with Crippen LogP contribution in [0.25, 0.3) is 0 Å². The molecule has 3 fully saturated rings. The second kappa shape index (κ2) is 8.92. The summed E-state index contributed by atoms with van der Waals surface area (Å²) in [5.74, 6) is -1.09. The number of likely N-dealkylation sites (tertiary alicyclic amines) is 1. The fourth-order valence-electron chi connectivity index (χ4n) is 4.80. The third kappa shape index (κ3) is 4.31. The van der Waals surface area contributed by atoms with Crippen molar-refractivity contribution < 1.29 is 27.5 Å². The zero-order chi connectivity index (χ0) is 22.9. The Morgan fingerprint density at radius 3 is 2.50 bits per heavy atom. The highest BCUT2D eigenvalue weighted by molar-refractivity contribution is 7.89. The molecule has 3 amide bonds. The quantitative estimate of drug-likeness (QED) is 0.665. The lowest BCUT2D eigenvalue weighted by atomic mass is 9.73. The van der Waals surface area contributed by atoms with Crippen LogP contribution in [0, 0.1) is 12.3 Å². The molecule has 1 aromatic rings. The molecule has 2 heterocycles. The first-order chi connectivity index (χ1) is 15.2. The summed E-state index contributed by atoms with van der Waals surface area (Å²) in [6.45, 7) is 2.63. The molecular formula is C22H29N3O6S. The Labute approximate surface area is 188 Å². The summed E-state index contributed by atoms with van der Waals surface area (Å²) in [6.07, 6.45) is 4.45. The molecule has 1 aromatic carbocycles. The second-order valence-electron chi connectivity index (χ2n) is 8.84. The average molecular weight is 464 g/mol. The summed E-state index contributed by atoms with van der Waals surface area (Å²) in [7, 11) is -3.71. The van der Waals surface area contributed by atoms with Gasteiger partial charge in [-0.1, -0.05) is 25.3 Å². The van der Waals surface area contributed by atoms with Gasteiger partial charge in [-0.3, -0.25) is 19.3 Å². The zero-order valence-electron chi connectivity index (χ0n) is 18.3. The molecule has 0 unspecified atom stereocenters. The van der Waals surface area contributed by atoms with Gasteiger partial charge in [-0.25, -0.2) is 8.42 Å². The Balaban J connectivity index is 1.47. The van der Waals surface area contributed by atoms with Crippen LogP contribution in [0.3, 0.4) is 0 Å². The average Bonchev–Trinajstić information content (AvgIpc) is 3.00. The van der Waals surface area contributed by atoms with Crippen molar-refractivity contribution in [3.05, 3.63) is 23.8 Å². The first-order valence-corrected chi connectivity index (χ1v) is 12.5. The highest BCUT2D eigenvalue weighted by atomic mass is 32.2. The Morgan fingerprint density at radius 1 is 1.12 bits per heavy atom. The van der Waals surface area contributed by atoms with Crippen LogP contribution in [0.15, 0.2) is 23.1 Å². The van der Waals surface area contributed by atoms with Crippen molar-refractivity contribution >= 4 is 33.4 Å². The first-order valence-electron chi connectivity index (χ1n) is 11.1. The van der Waals surface area contributed by atoms with E-state index >= 15 is 0 Å². The minimum absolute atomic E-state index is 0.0785. The minimum atomic E-state index is -3.71. The van der Waals surface area contributed by atoms with Crippen LogP contribution in [-0.4, -0.2) is 68.2 Å². The number of nitrogens with zero attached hydrogens (tertiary/aromatic N) is 2. The number of nitrogens with one attached hydrogen (secondary N) is 1. The van der Waals surface area contributed by atoms with Gasteiger partial charge >= 0.3 is 0 Å². The molecule has 174 valence electrons. The minimum Gasteiger partial charge on any atom is -0.379 e. The number of imide groups is 1. The van der Waals surface area contributed by atoms with E-state index in [1.165, 1.54) is 16.4 Å². The van der Waals surface area contributed by atoms with Crippen LogP contribution in [0.4, 0.5) is 5.69 Å². The first kappa shape index (κ1) is 22.9. The van der Waals surface area contributed by atoms with E-state index < -0.39 is 21.3 Å². The number of carbonyl (C=O) groups is 3. The summed E-state index contributed by atoms with van der Waals surface area (Å²) in [5, 5.41) is 2.69. The van der Waals surface area contributed by atoms with Crippen LogP contribution in [-0.2, 0) is 29.1 Å². The molecule has 0 bridgehead atoms. The predicted molar refractivity (Wildman–Crippen MR) is 116 cm³/mol. The zero-order valence-corrected chi connectivity index (χ0v) is 19.1. The normalized spacial score (nSPS) is 21.8. The van der Waals surface area contributed by atoms with Crippen molar-refractivity contribution in [1.29, 1.82) is 0 Å². The topological polar surface area (TPSA) is 113 Å². The molecule has 0 radical (unpaired) electrons. The fraction of sp³-hybridized carbons (Fsp3) is 0.591. The molecule has 1 aliphatic carbocycles. The molecule has 2 aliphatic heterocycles. The smallest absolute Gasteiger partial charge is 0.244 e. The van der Waals surface area contributed by atoms with Crippen molar-refractivity contribution in [3.63, 3.8) is 0 Å². The predicted octanol–water partition coefficient (Wildman–Crippen LogP) is 1.66. The molecule has 4 rings (SSSR count). The number of amides is 3. The summed E-state index contributed by atoms with van der Waals surface area (Å²) in [5.41, 5.74) is 0.385. The number of morpholine rings is 1. The maximum atomic E-state index is 12.9. The standard InChI is InChI=1S/C22H29N3O6S/c1-16-5-6-17(32(29,30)24-9-11-31-12-10-24)13-18(16)23-19(26)15-25-20(27)14-22(21(25)28)7-3-2-4-8-22/h5-6,13H,2-4,7-12,14-15H2,1H3,(H,23,26). The van der Waals surface area contributed by atoms with Gasteiger partial charge in [-0.2, -0.15) is 4.31 Å². The number of benzene rings is 1. The molecule has 1 spiro atoms. The van der Waals surface area contributed by atoms with Crippen molar-refractivity contribution in [2.24, 2.45) is 5.41 Å². The molecule has 9 nitrogen and oxygen atoms in total. The molecule has 1 N–H and O–H groups in total. The van der Waals surface area contributed by atoms with Crippen LogP contribution in [0.5, 0.6) is 0 Å². The van der Waals surface area contributed by atoms with Gasteiger partial charge in [0.05, 0.1) is 23.5 Å². The van der Waals surface area contributed by atoms with Gasteiger partial charge in [-0.15, -0.1) is 0 Å². The number of hydrogen-bond acceptors (Lipinski definition) is 6. The third-order valence-electron chi connectivity index (χ3n) is 6.69. The maximum absolute atomic E-state index is 12.9. The van der Waals surface area contributed by atoms with Crippen LogP contribution < -0.4 is 5.32 Å². The molecular weight excluding hydrogens is 434 g/mol.